The molecule has 0 aliphatic heterocycles. The van der Waals surface area contributed by atoms with Crippen molar-refractivity contribution in [1.82, 2.24) is 0 Å². The van der Waals surface area contributed by atoms with E-state index in [0.717, 1.165) is 3.58 Å². The van der Waals surface area contributed by atoms with Crippen LogP contribution in [0.3, 0.4) is 0 Å². The van der Waals surface area contributed by atoms with Crippen molar-refractivity contribution >= 4 is 28.6 Å². The van der Waals surface area contributed by atoms with E-state index in [1.165, 1.54) is 13.2 Å². The molecule has 0 heterocycles. The van der Waals surface area contributed by atoms with Crippen LogP contribution in [0.5, 0.6) is 0 Å². The Kier molecular flexibility index (Phi) is 3.85. The zero-order chi connectivity index (χ0) is 6.57. The molecular formula is C5H7IO2. The van der Waals surface area contributed by atoms with Gasteiger partial charge in [0.25, 0.3) is 0 Å². The van der Waals surface area contributed by atoms with Crippen LogP contribution in [-0.2, 0) is 9.53 Å². The van der Waals surface area contributed by atoms with Crippen LogP contribution in [0.2, 0.25) is 0 Å². The topological polar surface area (TPSA) is 26.3 Å². The molecular weight excluding hydrogens is 219 g/mol. The van der Waals surface area contributed by atoms with Crippen LogP contribution in [0.15, 0.2) is 9.84 Å². The van der Waals surface area contributed by atoms with Crippen LogP contribution in [0, 0.1) is 0 Å². The van der Waals surface area contributed by atoms with E-state index in [1.54, 1.807) is 0 Å². The molecule has 0 rings (SSSR count). The maximum Gasteiger partial charge on any atom is 0.307 e. The molecule has 0 aromatic carbocycles. The summed E-state index contributed by atoms with van der Waals surface area (Å²) >= 11 is 2.06. The first kappa shape index (κ1) is 7.94. The molecule has 0 amide bonds. The van der Waals surface area contributed by atoms with E-state index >= 15 is 0 Å². The molecule has 0 saturated carbocycles. The summed E-state index contributed by atoms with van der Waals surface area (Å²) in [4.78, 5) is 10.1. The standard InChI is InChI=1S/C5H7IO2/c1-4(6)3-8-5(2)7/h3H,1-2H3/b4-3+. The minimum Gasteiger partial charge on any atom is -0.434 e. The normalized spacial score (nSPS) is 11.1. The highest BCUT2D eigenvalue weighted by Crippen LogP contribution is 2.01. The summed E-state index contributed by atoms with van der Waals surface area (Å²) in [5.74, 6) is -0.277. The monoisotopic (exact) mass is 226 g/mol. The number of ether oxygens (including phenoxy) is 1. The van der Waals surface area contributed by atoms with Gasteiger partial charge >= 0.3 is 5.97 Å². The van der Waals surface area contributed by atoms with Crippen LogP contribution >= 0.6 is 22.6 Å². The largest absolute Gasteiger partial charge is 0.434 e. The summed E-state index contributed by atoms with van der Waals surface area (Å²) in [7, 11) is 0. The number of hydrogen-bond acceptors (Lipinski definition) is 2. The van der Waals surface area contributed by atoms with E-state index in [4.69, 9.17) is 0 Å². The van der Waals surface area contributed by atoms with Gasteiger partial charge < -0.3 is 4.74 Å². The molecule has 0 aliphatic carbocycles. The average Bonchev–Trinajstić information content (AvgIpc) is 1.61. The lowest BCUT2D eigenvalue weighted by Crippen LogP contribution is -1.89. The highest BCUT2D eigenvalue weighted by molar-refractivity contribution is 14.1. The summed E-state index contributed by atoms with van der Waals surface area (Å²) in [6, 6.07) is 0. The van der Waals surface area contributed by atoms with Crippen LogP contribution in [0.1, 0.15) is 13.8 Å². The number of carbonyl (C=O) groups is 1. The molecule has 0 saturated heterocycles. The quantitative estimate of drug-likeness (QED) is 0.387. The molecule has 0 aromatic rings. The predicted molar refractivity (Wildman–Crippen MR) is 39.5 cm³/mol. The van der Waals surface area contributed by atoms with Crippen molar-refractivity contribution in [2.24, 2.45) is 0 Å². The predicted octanol–water partition coefficient (Wildman–Crippen LogP) is 1.85. The molecule has 8 heavy (non-hydrogen) atoms. The molecule has 0 aliphatic rings. The van der Waals surface area contributed by atoms with E-state index in [0.29, 0.717) is 0 Å². The van der Waals surface area contributed by atoms with E-state index < -0.39 is 0 Å². The Morgan fingerprint density at radius 1 is 1.62 bits per heavy atom. The first-order chi connectivity index (χ1) is 3.63. The third-order valence-electron chi connectivity index (χ3n) is 0.387. The van der Waals surface area contributed by atoms with Crippen LogP contribution in [0.4, 0.5) is 0 Å². The third-order valence-corrected chi connectivity index (χ3v) is 0.642. The zero-order valence-corrected chi connectivity index (χ0v) is 6.93. The molecule has 3 heteroatoms. The van der Waals surface area contributed by atoms with E-state index in [9.17, 15) is 4.79 Å². The second-order valence-electron chi connectivity index (χ2n) is 1.31. The van der Waals surface area contributed by atoms with Gasteiger partial charge in [0.15, 0.2) is 0 Å². The fourth-order valence-corrected chi connectivity index (χ4v) is 0.291. The van der Waals surface area contributed by atoms with Gasteiger partial charge in [-0.2, -0.15) is 0 Å². The van der Waals surface area contributed by atoms with E-state index in [1.807, 2.05) is 6.92 Å². The van der Waals surface area contributed by atoms with Crippen molar-refractivity contribution in [2.45, 2.75) is 13.8 Å². The Morgan fingerprint density at radius 3 is 2.25 bits per heavy atom. The highest BCUT2D eigenvalue weighted by Gasteiger charge is 1.85. The highest BCUT2D eigenvalue weighted by atomic mass is 127. The minimum atomic E-state index is -0.277. The third kappa shape index (κ3) is 5.94. The average molecular weight is 226 g/mol. The van der Waals surface area contributed by atoms with Gasteiger partial charge in [0.05, 0.1) is 0 Å². The summed E-state index contributed by atoms with van der Waals surface area (Å²) in [6.07, 6.45) is 1.42. The number of carbonyl (C=O) groups excluding carboxylic acids is 1. The van der Waals surface area contributed by atoms with Crippen molar-refractivity contribution in [3.63, 3.8) is 0 Å². The van der Waals surface area contributed by atoms with Crippen molar-refractivity contribution in [2.75, 3.05) is 0 Å². The molecule has 0 spiro atoms. The summed E-state index contributed by atoms with van der Waals surface area (Å²) < 4.78 is 5.45. The van der Waals surface area contributed by atoms with Crippen molar-refractivity contribution in [3.05, 3.63) is 9.84 Å². The second kappa shape index (κ2) is 3.88. The van der Waals surface area contributed by atoms with Gasteiger partial charge in [-0.15, -0.1) is 0 Å². The van der Waals surface area contributed by atoms with Crippen molar-refractivity contribution in [1.29, 1.82) is 0 Å². The van der Waals surface area contributed by atoms with E-state index in [2.05, 4.69) is 27.3 Å². The first-order valence-electron chi connectivity index (χ1n) is 2.12. The van der Waals surface area contributed by atoms with E-state index in [-0.39, 0.29) is 5.97 Å². The summed E-state index contributed by atoms with van der Waals surface area (Å²) in [5.41, 5.74) is 0. The minimum absolute atomic E-state index is 0.277. The second-order valence-corrected chi connectivity index (χ2v) is 3.02. The Balaban J connectivity index is 3.45. The number of rotatable bonds is 1. The maximum atomic E-state index is 10.1. The molecule has 0 N–H and O–H groups in total. The maximum absolute atomic E-state index is 10.1. The van der Waals surface area contributed by atoms with Gasteiger partial charge in [0, 0.05) is 10.5 Å². The Morgan fingerprint density at radius 2 is 2.12 bits per heavy atom. The number of halogens is 1. The van der Waals surface area contributed by atoms with Crippen LogP contribution < -0.4 is 0 Å². The first-order valence-corrected chi connectivity index (χ1v) is 3.20. The van der Waals surface area contributed by atoms with Crippen molar-refractivity contribution < 1.29 is 9.53 Å². The van der Waals surface area contributed by atoms with Crippen LogP contribution in [-0.4, -0.2) is 5.97 Å². The van der Waals surface area contributed by atoms with Gasteiger partial charge in [-0.25, -0.2) is 0 Å². The molecule has 0 unspecified atom stereocenters. The van der Waals surface area contributed by atoms with Gasteiger partial charge in [0.2, 0.25) is 0 Å². The SMILES string of the molecule is CC(=O)O/C=C(\C)I. The number of hydrogen-bond donors (Lipinski definition) is 0. The molecule has 0 bridgehead atoms. The fraction of sp³-hybridized carbons (Fsp3) is 0.400. The summed E-state index contributed by atoms with van der Waals surface area (Å²) in [5, 5.41) is 0. The number of allylic oxidation sites excluding steroid dienone is 1. The van der Waals surface area contributed by atoms with Gasteiger partial charge in [0.1, 0.15) is 6.26 Å². The lowest BCUT2D eigenvalue weighted by molar-refractivity contribution is -0.135. The zero-order valence-electron chi connectivity index (χ0n) is 4.77. The fourth-order valence-electron chi connectivity index (χ4n) is 0.164. The molecule has 2 nitrogen and oxygen atoms in total. The molecule has 0 fully saturated rings. The Labute approximate surface area is 62.0 Å². The molecule has 0 radical (unpaired) electrons. The van der Waals surface area contributed by atoms with Crippen LogP contribution in [0.25, 0.3) is 0 Å². The van der Waals surface area contributed by atoms with Gasteiger partial charge in [-0.05, 0) is 29.5 Å². The smallest absolute Gasteiger partial charge is 0.307 e. The Hall–Kier alpha value is -0.0600. The lowest BCUT2D eigenvalue weighted by Gasteiger charge is -1.89. The molecule has 0 atom stereocenters. The molecule has 46 valence electrons. The summed E-state index contributed by atoms with van der Waals surface area (Å²) in [6.45, 7) is 3.22. The lowest BCUT2D eigenvalue weighted by atomic mass is 10.7. The Bertz CT molecular complexity index is 114. The number of esters is 1. The van der Waals surface area contributed by atoms with Gasteiger partial charge in [-0.3, -0.25) is 4.79 Å². The van der Waals surface area contributed by atoms with Crippen molar-refractivity contribution in [3.8, 4) is 0 Å². The molecule has 0 aromatic heterocycles. The van der Waals surface area contributed by atoms with Gasteiger partial charge in [-0.1, -0.05) is 0 Å².